The molecule has 0 fully saturated rings. The zero-order chi connectivity index (χ0) is 17.4. The summed E-state index contributed by atoms with van der Waals surface area (Å²) in [6.07, 6.45) is 0.169. The largest absolute Gasteiger partial charge is 0.491 e. The number of nitrogens with two attached hydrogens (primary N) is 1. The first kappa shape index (κ1) is 21.2. The molecule has 0 saturated carbocycles. The number of benzene rings is 2. The van der Waals surface area contributed by atoms with Crippen molar-refractivity contribution in [2.75, 3.05) is 18.5 Å². The Balaban J connectivity index is 0.00000312. The number of ether oxygens (including phenoxy) is 1. The van der Waals surface area contributed by atoms with Crippen LogP contribution < -0.4 is 15.8 Å². The number of hydrogen-bond acceptors (Lipinski definition) is 3. The van der Waals surface area contributed by atoms with Gasteiger partial charge in [-0.3, -0.25) is 4.99 Å². The van der Waals surface area contributed by atoms with Crippen LogP contribution >= 0.6 is 24.0 Å². The summed E-state index contributed by atoms with van der Waals surface area (Å²) in [6, 6.07) is 13.5. The summed E-state index contributed by atoms with van der Waals surface area (Å²) in [5.41, 5.74) is 7.87. The van der Waals surface area contributed by atoms with Gasteiger partial charge in [0, 0.05) is 5.69 Å². The molecule has 0 aliphatic heterocycles. The summed E-state index contributed by atoms with van der Waals surface area (Å²) in [5.74, 6) is 0.375. The quantitative estimate of drug-likeness (QED) is 0.338. The van der Waals surface area contributed by atoms with Gasteiger partial charge < -0.3 is 20.9 Å². The van der Waals surface area contributed by atoms with E-state index in [2.05, 4.69) is 17.2 Å². The Morgan fingerprint density at radius 2 is 1.84 bits per heavy atom. The van der Waals surface area contributed by atoms with Crippen LogP contribution in [0.15, 0.2) is 53.5 Å². The smallest absolute Gasteiger partial charge is 0.193 e. The molecule has 0 spiro atoms. The molecule has 7 heteroatoms. The van der Waals surface area contributed by atoms with E-state index in [1.165, 1.54) is 29.8 Å². The number of nitrogens with one attached hydrogen (secondary N) is 1. The van der Waals surface area contributed by atoms with Crippen molar-refractivity contribution in [2.45, 2.75) is 19.4 Å². The average Bonchev–Trinajstić information content (AvgIpc) is 2.60. The van der Waals surface area contributed by atoms with Gasteiger partial charge in [0.25, 0.3) is 0 Å². The van der Waals surface area contributed by atoms with Gasteiger partial charge in [-0.25, -0.2) is 4.39 Å². The molecule has 0 heterocycles. The van der Waals surface area contributed by atoms with Crippen LogP contribution in [0.4, 0.5) is 10.1 Å². The zero-order valence-corrected chi connectivity index (χ0v) is 16.3. The molecule has 0 saturated heterocycles. The van der Waals surface area contributed by atoms with E-state index in [9.17, 15) is 9.50 Å². The molecule has 25 heavy (non-hydrogen) atoms. The van der Waals surface area contributed by atoms with Crippen LogP contribution in [0.2, 0.25) is 0 Å². The van der Waals surface area contributed by atoms with Crippen LogP contribution in [0.3, 0.4) is 0 Å². The molecule has 1 atom stereocenters. The number of guanidine groups is 1. The fourth-order valence-electron chi connectivity index (χ4n) is 1.99. The lowest BCUT2D eigenvalue weighted by Crippen LogP contribution is -2.27. The van der Waals surface area contributed by atoms with Crippen LogP contribution in [0.25, 0.3) is 0 Å². The molecule has 0 aliphatic carbocycles. The van der Waals surface area contributed by atoms with Gasteiger partial charge >= 0.3 is 0 Å². The highest BCUT2D eigenvalue weighted by molar-refractivity contribution is 14.0. The zero-order valence-electron chi connectivity index (χ0n) is 14.0. The minimum absolute atomic E-state index is 0. The normalized spacial score (nSPS) is 12.2. The summed E-state index contributed by atoms with van der Waals surface area (Å²) in [5, 5.41) is 12.8. The molecule has 1 unspecified atom stereocenters. The van der Waals surface area contributed by atoms with Gasteiger partial charge in [0.15, 0.2) is 5.96 Å². The Morgan fingerprint density at radius 3 is 2.44 bits per heavy atom. The molecule has 2 aromatic carbocycles. The second-order valence-electron chi connectivity index (χ2n) is 5.32. The summed E-state index contributed by atoms with van der Waals surface area (Å²) in [6.45, 7) is 2.24. The Bertz CT molecular complexity index is 663. The molecule has 136 valence electrons. The highest BCUT2D eigenvalue weighted by atomic mass is 127. The molecule has 0 bridgehead atoms. The summed E-state index contributed by atoms with van der Waals surface area (Å²) >= 11 is 0. The number of aliphatic imine (C=N–C) groups is 1. The predicted octanol–water partition coefficient (Wildman–Crippen LogP) is 3.17. The summed E-state index contributed by atoms with van der Waals surface area (Å²) < 4.78 is 18.1. The molecule has 2 aromatic rings. The third kappa shape index (κ3) is 7.70. The lowest BCUT2D eigenvalue weighted by Gasteiger charge is -2.11. The van der Waals surface area contributed by atoms with Gasteiger partial charge in [0.05, 0.1) is 6.54 Å². The fourth-order valence-corrected chi connectivity index (χ4v) is 1.99. The number of halogens is 2. The molecule has 2 rings (SSSR count). The van der Waals surface area contributed by atoms with E-state index in [1.54, 1.807) is 0 Å². The number of rotatable bonds is 7. The second kappa shape index (κ2) is 10.9. The van der Waals surface area contributed by atoms with E-state index in [-0.39, 0.29) is 48.9 Å². The van der Waals surface area contributed by atoms with Gasteiger partial charge in [-0.15, -0.1) is 24.0 Å². The molecule has 0 radical (unpaired) electrons. The Hall–Kier alpha value is -1.87. The van der Waals surface area contributed by atoms with Crippen molar-refractivity contribution in [1.29, 1.82) is 0 Å². The maximum absolute atomic E-state index is 12.8. The first-order valence-electron chi connectivity index (χ1n) is 7.79. The molecular formula is C18H23FIN3O2. The van der Waals surface area contributed by atoms with Crippen molar-refractivity contribution in [3.8, 4) is 5.75 Å². The minimum Gasteiger partial charge on any atom is -0.491 e. The van der Waals surface area contributed by atoms with Crippen molar-refractivity contribution in [2.24, 2.45) is 10.7 Å². The van der Waals surface area contributed by atoms with Crippen molar-refractivity contribution in [3.05, 3.63) is 59.9 Å². The Kier molecular flexibility index (Phi) is 9.22. The molecular weight excluding hydrogens is 436 g/mol. The van der Waals surface area contributed by atoms with Crippen LogP contribution in [0.1, 0.15) is 12.5 Å². The van der Waals surface area contributed by atoms with Crippen LogP contribution in [-0.4, -0.2) is 30.3 Å². The number of aliphatic hydroxyl groups excluding tert-OH is 1. The van der Waals surface area contributed by atoms with Gasteiger partial charge in [-0.1, -0.05) is 19.1 Å². The summed E-state index contributed by atoms with van der Waals surface area (Å²) in [7, 11) is 0. The summed E-state index contributed by atoms with van der Waals surface area (Å²) in [4.78, 5) is 4.08. The number of nitrogens with zero attached hydrogens (tertiary/aromatic N) is 1. The number of aryl methyl sites for hydroxylation is 1. The van der Waals surface area contributed by atoms with E-state index in [0.717, 1.165) is 12.1 Å². The maximum atomic E-state index is 12.8. The number of anilines is 1. The van der Waals surface area contributed by atoms with E-state index >= 15 is 0 Å². The monoisotopic (exact) mass is 459 g/mol. The first-order valence-corrected chi connectivity index (χ1v) is 7.79. The third-order valence-electron chi connectivity index (χ3n) is 3.36. The van der Waals surface area contributed by atoms with Gasteiger partial charge in [0.2, 0.25) is 0 Å². The molecule has 0 aromatic heterocycles. The van der Waals surface area contributed by atoms with Crippen molar-refractivity contribution in [1.82, 2.24) is 0 Å². The average molecular weight is 459 g/mol. The molecule has 4 N–H and O–H groups in total. The van der Waals surface area contributed by atoms with Crippen LogP contribution in [-0.2, 0) is 6.42 Å². The van der Waals surface area contributed by atoms with Gasteiger partial charge in [-0.05, 0) is 48.4 Å². The van der Waals surface area contributed by atoms with Crippen molar-refractivity contribution in [3.63, 3.8) is 0 Å². The Labute approximate surface area is 164 Å². The lowest BCUT2D eigenvalue weighted by molar-refractivity contribution is 0.114. The highest BCUT2D eigenvalue weighted by Gasteiger charge is 2.05. The Morgan fingerprint density at radius 1 is 1.20 bits per heavy atom. The standard InChI is InChI=1S/C18H22FN3O2.HI/c1-2-13-3-7-15(8-4-13)22-18(20)21-11-16(23)12-24-17-9-5-14(19)6-10-17;/h3-10,16,23H,2,11-12H2,1H3,(H3,20,21,22);1H. The van der Waals surface area contributed by atoms with Crippen molar-refractivity contribution < 1.29 is 14.2 Å². The van der Waals surface area contributed by atoms with E-state index < -0.39 is 6.10 Å². The highest BCUT2D eigenvalue weighted by Crippen LogP contribution is 2.11. The first-order chi connectivity index (χ1) is 11.6. The maximum Gasteiger partial charge on any atom is 0.193 e. The minimum atomic E-state index is -0.808. The topological polar surface area (TPSA) is 79.9 Å². The fraction of sp³-hybridized carbons (Fsp3) is 0.278. The lowest BCUT2D eigenvalue weighted by atomic mass is 10.1. The number of hydrogen-bond donors (Lipinski definition) is 3. The SMILES string of the molecule is CCc1ccc(NC(N)=NCC(O)COc2ccc(F)cc2)cc1.I. The van der Waals surface area contributed by atoms with Crippen molar-refractivity contribution >= 4 is 35.6 Å². The van der Waals surface area contributed by atoms with E-state index in [0.29, 0.717) is 5.75 Å². The van der Waals surface area contributed by atoms with Crippen LogP contribution in [0.5, 0.6) is 5.75 Å². The molecule has 5 nitrogen and oxygen atoms in total. The van der Waals surface area contributed by atoms with Crippen LogP contribution in [0, 0.1) is 5.82 Å². The van der Waals surface area contributed by atoms with E-state index in [1.807, 2.05) is 24.3 Å². The van der Waals surface area contributed by atoms with Gasteiger partial charge in [-0.2, -0.15) is 0 Å². The van der Waals surface area contributed by atoms with E-state index in [4.69, 9.17) is 10.5 Å². The predicted molar refractivity (Wildman–Crippen MR) is 109 cm³/mol. The molecule has 0 amide bonds. The second-order valence-corrected chi connectivity index (χ2v) is 5.32. The molecule has 0 aliphatic rings. The number of aliphatic hydroxyl groups is 1. The van der Waals surface area contributed by atoms with Gasteiger partial charge in [0.1, 0.15) is 24.3 Å². The third-order valence-corrected chi connectivity index (χ3v) is 3.36.